The zero-order valence-electron chi connectivity index (χ0n) is 13.1. The van der Waals surface area contributed by atoms with Crippen molar-refractivity contribution in [1.82, 2.24) is 15.1 Å². The van der Waals surface area contributed by atoms with E-state index in [1.165, 1.54) is 32.4 Å². The highest BCUT2D eigenvalue weighted by molar-refractivity contribution is 4.80. The third kappa shape index (κ3) is 5.68. The van der Waals surface area contributed by atoms with Crippen LogP contribution in [0.1, 0.15) is 40.0 Å². The number of nitrogens with zero attached hydrogens (tertiary/aromatic N) is 2. The summed E-state index contributed by atoms with van der Waals surface area (Å²) in [5, 5.41) is 3.55. The summed E-state index contributed by atoms with van der Waals surface area (Å²) in [4.78, 5) is 5.04. The van der Waals surface area contributed by atoms with Crippen LogP contribution in [-0.4, -0.2) is 62.2 Å². The van der Waals surface area contributed by atoms with Gasteiger partial charge in [-0.15, -0.1) is 0 Å². The highest BCUT2D eigenvalue weighted by Gasteiger charge is 2.23. The number of hydrogen-bond donors (Lipinski definition) is 1. The van der Waals surface area contributed by atoms with Crippen LogP contribution >= 0.6 is 0 Å². The fraction of sp³-hybridized carbons (Fsp3) is 1.00. The van der Waals surface area contributed by atoms with Gasteiger partial charge in [0.2, 0.25) is 0 Å². The molecule has 0 aromatic heterocycles. The Hall–Kier alpha value is -0.120. The van der Waals surface area contributed by atoms with Crippen LogP contribution in [0.2, 0.25) is 0 Å². The largest absolute Gasteiger partial charge is 0.316 e. The van der Waals surface area contributed by atoms with Crippen molar-refractivity contribution in [2.24, 2.45) is 5.92 Å². The Bertz CT molecular complexity index is 210. The Labute approximate surface area is 114 Å². The first kappa shape index (κ1) is 15.9. The summed E-state index contributed by atoms with van der Waals surface area (Å²) in [6.45, 7) is 11.7. The molecule has 1 N–H and O–H groups in total. The van der Waals surface area contributed by atoms with E-state index >= 15 is 0 Å². The average molecular weight is 255 g/mol. The van der Waals surface area contributed by atoms with Crippen molar-refractivity contribution in [2.45, 2.75) is 52.1 Å². The van der Waals surface area contributed by atoms with Crippen LogP contribution in [0, 0.1) is 5.92 Å². The fourth-order valence-corrected chi connectivity index (χ4v) is 2.67. The summed E-state index contributed by atoms with van der Waals surface area (Å²) >= 11 is 0. The van der Waals surface area contributed by atoms with Crippen LogP contribution < -0.4 is 5.32 Å². The van der Waals surface area contributed by atoms with Crippen LogP contribution in [0.3, 0.4) is 0 Å². The molecule has 1 atom stereocenters. The standard InChI is InChI=1S/C15H33N3/c1-13(2)12-16-9-6-14(3)18(5)15-7-10-17(4)11-8-15/h13-16H,6-12H2,1-5H3. The minimum Gasteiger partial charge on any atom is -0.316 e. The SMILES string of the molecule is CC(C)CNCCC(C)N(C)C1CCN(C)CC1. The van der Waals surface area contributed by atoms with E-state index in [4.69, 9.17) is 0 Å². The van der Waals surface area contributed by atoms with Crippen molar-refractivity contribution >= 4 is 0 Å². The van der Waals surface area contributed by atoms with Gasteiger partial charge in [-0.3, -0.25) is 0 Å². The second-order valence-corrected chi connectivity index (χ2v) is 6.44. The summed E-state index contributed by atoms with van der Waals surface area (Å²) in [5.41, 5.74) is 0. The Morgan fingerprint density at radius 3 is 2.39 bits per heavy atom. The first-order valence-electron chi connectivity index (χ1n) is 7.62. The third-order valence-corrected chi connectivity index (χ3v) is 4.25. The monoisotopic (exact) mass is 255 g/mol. The molecular formula is C15H33N3. The molecule has 18 heavy (non-hydrogen) atoms. The summed E-state index contributed by atoms with van der Waals surface area (Å²) < 4.78 is 0. The molecule has 0 aromatic rings. The quantitative estimate of drug-likeness (QED) is 0.702. The van der Waals surface area contributed by atoms with E-state index in [1.807, 2.05) is 0 Å². The summed E-state index contributed by atoms with van der Waals surface area (Å²) in [7, 11) is 4.54. The Balaban J connectivity index is 2.17. The minimum atomic E-state index is 0.693. The molecular weight excluding hydrogens is 222 g/mol. The second kappa shape index (κ2) is 8.13. The number of hydrogen-bond acceptors (Lipinski definition) is 3. The number of likely N-dealkylation sites (tertiary alicyclic amines) is 1. The molecule has 3 heteroatoms. The maximum atomic E-state index is 3.55. The van der Waals surface area contributed by atoms with E-state index < -0.39 is 0 Å². The Morgan fingerprint density at radius 1 is 1.22 bits per heavy atom. The molecule has 0 spiro atoms. The van der Waals surface area contributed by atoms with Gasteiger partial charge in [-0.05, 0) is 72.4 Å². The van der Waals surface area contributed by atoms with Gasteiger partial charge in [0.05, 0.1) is 0 Å². The van der Waals surface area contributed by atoms with Crippen LogP contribution in [0.5, 0.6) is 0 Å². The van der Waals surface area contributed by atoms with E-state index in [0.29, 0.717) is 6.04 Å². The average Bonchev–Trinajstić information content (AvgIpc) is 2.34. The third-order valence-electron chi connectivity index (χ3n) is 4.25. The molecule has 0 bridgehead atoms. The van der Waals surface area contributed by atoms with Gasteiger partial charge in [-0.1, -0.05) is 13.8 Å². The molecule has 0 aliphatic carbocycles. The van der Waals surface area contributed by atoms with Crippen LogP contribution in [-0.2, 0) is 0 Å². The highest BCUT2D eigenvalue weighted by atomic mass is 15.2. The van der Waals surface area contributed by atoms with Crippen molar-refractivity contribution in [1.29, 1.82) is 0 Å². The molecule has 3 nitrogen and oxygen atoms in total. The summed E-state index contributed by atoms with van der Waals surface area (Å²) in [6, 6.07) is 1.49. The molecule has 0 saturated carbocycles. The smallest absolute Gasteiger partial charge is 0.0119 e. The molecule has 0 amide bonds. The molecule has 1 heterocycles. The van der Waals surface area contributed by atoms with Gasteiger partial charge in [0.15, 0.2) is 0 Å². The topological polar surface area (TPSA) is 18.5 Å². The predicted molar refractivity (Wildman–Crippen MR) is 80.1 cm³/mol. The van der Waals surface area contributed by atoms with Crippen molar-refractivity contribution in [3.8, 4) is 0 Å². The van der Waals surface area contributed by atoms with Gasteiger partial charge >= 0.3 is 0 Å². The van der Waals surface area contributed by atoms with E-state index in [1.54, 1.807) is 0 Å². The zero-order valence-corrected chi connectivity index (χ0v) is 13.1. The van der Waals surface area contributed by atoms with Crippen LogP contribution in [0.4, 0.5) is 0 Å². The Morgan fingerprint density at radius 2 is 1.83 bits per heavy atom. The van der Waals surface area contributed by atoms with E-state index in [2.05, 4.69) is 50.0 Å². The molecule has 1 rings (SSSR count). The first-order chi connectivity index (χ1) is 8.50. The van der Waals surface area contributed by atoms with Gasteiger partial charge in [-0.25, -0.2) is 0 Å². The van der Waals surface area contributed by atoms with E-state index in [0.717, 1.165) is 25.0 Å². The van der Waals surface area contributed by atoms with E-state index in [-0.39, 0.29) is 0 Å². The van der Waals surface area contributed by atoms with Crippen molar-refractivity contribution in [3.05, 3.63) is 0 Å². The fourth-order valence-electron chi connectivity index (χ4n) is 2.67. The molecule has 0 aromatic carbocycles. The molecule has 1 fully saturated rings. The second-order valence-electron chi connectivity index (χ2n) is 6.44. The Kier molecular flexibility index (Phi) is 7.20. The number of piperidine rings is 1. The van der Waals surface area contributed by atoms with Crippen molar-refractivity contribution in [3.63, 3.8) is 0 Å². The van der Waals surface area contributed by atoms with Gasteiger partial charge in [0, 0.05) is 12.1 Å². The summed E-state index contributed by atoms with van der Waals surface area (Å²) in [5.74, 6) is 0.756. The summed E-state index contributed by atoms with van der Waals surface area (Å²) in [6.07, 6.45) is 3.92. The predicted octanol–water partition coefficient (Wildman–Crippen LogP) is 2.04. The van der Waals surface area contributed by atoms with Gasteiger partial charge < -0.3 is 15.1 Å². The lowest BCUT2D eigenvalue weighted by atomic mass is 10.0. The first-order valence-corrected chi connectivity index (χ1v) is 7.62. The molecule has 1 saturated heterocycles. The van der Waals surface area contributed by atoms with Gasteiger partial charge in [-0.2, -0.15) is 0 Å². The van der Waals surface area contributed by atoms with Gasteiger partial charge in [0.25, 0.3) is 0 Å². The van der Waals surface area contributed by atoms with Crippen LogP contribution in [0.25, 0.3) is 0 Å². The molecule has 1 unspecified atom stereocenters. The highest BCUT2D eigenvalue weighted by Crippen LogP contribution is 2.17. The molecule has 108 valence electrons. The lowest BCUT2D eigenvalue weighted by molar-refractivity contribution is 0.109. The van der Waals surface area contributed by atoms with E-state index in [9.17, 15) is 0 Å². The van der Waals surface area contributed by atoms with Crippen molar-refractivity contribution in [2.75, 3.05) is 40.3 Å². The molecule has 1 aliphatic heterocycles. The maximum Gasteiger partial charge on any atom is 0.0119 e. The zero-order chi connectivity index (χ0) is 13.5. The normalized spacial score (nSPS) is 20.8. The van der Waals surface area contributed by atoms with Gasteiger partial charge in [0.1, 0.15) is 0 Å². The van der Waals surface area contributed by atoms with Crippen LogP contribution in [0.15, 0.2) is 0 Å². The minimum absolute atomic E-state index is 0.693. The lowest BCUT2D eigenvalue weighted by Gasteiger charge is -2.38. The number of nitrogens with one attached hydrogen (secondary N) is 1. The lowest BCUT2D eigenvalue weighted by Crippen LogP contribution is -2.46. The number of rotatable bonds is 7. The maximum absolute atomic E-state index is 3.55. The van der Waals surface area contributed by atoms with Crippen molar-refractivity contribution < 1.29 is 0 Å². The molecule has 1 aliphatic rings. The molecule has 0 radical (unpaired) electrons.